The van der Waals surface area contributed by atoms with Crippen LogP contribution >= 0.6 is 0 Å². The molecule has 29 heavy (non-hydrogen) atoms. The van der Waals surface area contributed by atoms with Crippen LogP contribution in [0.15, 0.2) is 24.3 Å². The van der Waals surface area contributed by atoms with Gasteiger partial charge in [-0.25, -0.2) is 8.42 Å². The van der Waals surface area contributed by atoms with Crippen molar-refractivity contribution in [3.63, 3.8) is 0 Å². The maximum atomic E-state index is 12.7. The van der Waals surface area contributed by atoms with Crippen LogP contribution in [0.25, 0.3) is 0 Å². The molecule has 2 heterocycles. The van der Waals surface area contributed by atoms with E-state index in [4.69, 9.17) is 0 Å². The van der Waals surface area contributed by atoms with Crippen LogP contribution < -0.4 is 4.90 Å². The Balaban J connectivity index is 1.48. The molecule has 2 fully saturated rings. The van der Waals surface area contributed by atoms with Gasteiger partial charge in [0.25, 0.3) is 0 Å². The molecule has 0 aliphatic carbocycles. The van der Waals surface area contributed by atoms with Crippen molar-refractivity contribution < 1.29 is 18.0 Å². The Hall–Kier alpha value is -1.89. The first-order valence-electron chi connectivity index (χ1n) is 10.6. The predicted molar refractivity (Wildman–Crippen MR) is 115 cm³/mol. The summed E-state index contributed by atoms with van der Waals surface area (Å²) in [5, 5.41) is -0.337. The molecule has 0 radical (unpaired) electrons. The number of ketones is 1. The van der Waals surface area contributed by atoms with Crippen molar-refractivity contribution in [2.45, 2.75) is 51.2 Å². The minimum Gasteiger partial charge on any atom is -0.371 e. The van der Waals surface area contributed by atoms with E-state index in [1.807, 2.05) is 29.2 Å². The van der Waals surface area contributed by atoms with Gasteiger partial charge in [0.05, 0.1) is 17.4 Å². The average molecular weight is 421 g/mol. The number of piperidine rings is 2. The predicted octanol–water partition coefficient (Wildman–Crippen LogP) is 2.46. The van der Waals surface area contributed by atoms with E-state index in [2.05, 4.69) is 4.90 Å². The van der Waals surface area contributed by atoms with E-state index >= 15 is 0 Å². The minimum absolute atomic E-state index is 0.103. The number of carbonyl (C=O) groups excluding carboxylic acids is 2. The fraction of sp³-hybridized carbons (Fsp3) is 0.636. The largest absolute Gasteiger partial charge is 0.371 e. The third-order valence-electron chi connectivity index (χ3n) is 6.13. The second-order valence-electron chi connectivity index (χ2n) is 8.57. The normalized spacial score (nSPS) is 19.1. The second kappa shape index (κ2) is 9.28. The zero-order valence-electron chi connectivity index (χ0n) is 17.5. The number of hydrogen-bond acceptors (Lipinski definition) is 5. The topological polar surface area (TPSA) is 74.8 Å². The molecule has 0 bridgehead atoms. The lowest BCUT2D eigenvalue weighted by Gasteiger charge is -2.32. The van der Waals surface area contributed by atoms with Gasteiger partial charge in [-0.3, -0.25) is 9.59 Å². The minimum atomic E-state index is -3.03. The van der Waals surface area contributed by atoms with Crippen molar-refractivity contribution in [3.05, 3.63) is 29.8 Å². The summed E-state index contributed by atoms with van der Waals surface area (Å²) >= 11 is 0. The quantitative estimate of drug-likeness (QED) is 0.707. The summed E-state index contributed by atoms with van der Waals surface area (Å²) in [5.74, 6) is 0.818. The van der Waals surface area contributed by atoms with E-state index < -0.39 is 9.84 Å². The summed E-state index contributed by atoms with van der Waals surface area (Å²) in [6.07, 6.45) is 3.09. The zero-order valence-corrected chi connectivity index (χ0v) is 18.3. The summed E-state index contributed by atoms with van der Waals surface area (Å²) < 4.78 is 24.2. The molecule has 0 N–H and O–H groups in total. The molecule has 3 rings (SSSR count). The Morgan fingerprint density at radius 2 is 1.62 bits per heavy atom. The molecule has 1 amide bonds. The SMILES string of the molecule is CC(C)S(=O)(=O)CC1CCN(C(=O)Cc2ccc(N3CCC(=O)CC3)cc2)CC1. The summed E-state index contributed by atoms with van der Waals surface area (Å²) in [7, 11) is -3.03. The third-order valence-corrected chi connectivity index (χ3v) is 8.50. The van der Waals surface area contributed by atoms with Crippen LogP contribution in [0.3, 0.4) is 0 Å². The van der Waals surface area contributed by atoms with Crippen molar-refractivity contribution in [1.29, 1.82) is 0 Å². The van der Waals surface area contributed by atoms with E-state index in [0.717, 1.165) is 37.2 Å². The second-order valence-corrected chi connectivity index (χ2v) is 11.2. The van der Waals surface area contributed by atoms with Crippen LogP contribution in [-0.2, 0) is 25.8 Å². The van der Waals surface area contributed by atoms with E-state index in [9.17, 15) is 18.0 Å². The maximum absolute atomic E-state index is 12.7. The average Bonchev–Trinajstić information content (AvgIpc) is 2.69. The van der Waals surface area contributed by atoms with Crippen LogP contribution in [0.4, 0.5) is 5.69 Å². The Kier molecular flexibility index (Phi) is 6.98. The molecule has 1 aromatic rings. The monoisotopic (exact) mass is 420 g/mol. The molecule has 0 saturated carbocycles. The molecular weight excluding hydrogens is 388 g/mol. The van der Waals surface area contributed by atoms with Crippen LogP contribution in [0.5, 0.6) is 0 Å². The van der Waals surface area contributed by atoms with Crippen molar-refractivity contribution in [2.75, 3.05) is 36.8 Å². The number of hydrogen-bond donors (Lipinski definition) is 0. The lowest BCUT2D eigenvalue weighted by Crippen LogP contribution is -2.41. The smallest absolute Gasteiger partial charge is 0.226 e. The highest BCUT2D eigenvalue weighted by atomic mass is 32.2. The van der Waals surface area contributed by atoms with Crippen molar-refractivity contribution in [3.8, 4) is 0 Å². The number of anilines is 1. The zero-order chi connectivity index (χ0) is 21.0. The number of nitrogens with zero attached hydrogens (tertiary/aromatic N) is 2. The van der Waals surface area contributed by atoms with E-state index in [-0.39, 0.29) is 22.8 Å². The van der Waals surface area contributed by atoms with Gasteiger partial charge in [-0.2, -0.15) is 0 Å². The van der Waals surface area contributed by atoms with Gasteiger partial charge in [0.1, 0.15) is 5.78 Å². The van der Waals surface area contributed by atoms with Crippen LogP contribution in [-0.4, -0.2) is 62.2 Å². The molecule has 6 nitrogen and oxygen atoms in total. The number of sulfone groups is 1. The highest BCUT2D eigenvalue weighted by molar-refractivity contribution is 7.91. The van der Waals surface area contributed by atoms with Crippen LogP contribution in [0.2, 0.25) is 0 Å². The van der Waals surface area contributed by atoms with E-state index in [1.54, 1.807) is 13.8 Å². The summed E-state index contributed by atoms with van der Waals surface area (Å²) in [5.41, 5.74) is 2.08. The van der Waals surface area contributed by atoms with Crippen molar-refractivity contribution in [2.24, 2.45) is 5.92 Å². The van der Waals surface area contributed by atoms with Gasteiger partial charge in [0.15, 0.2) is 9.84 Å². The summed E-state index contributed by atoms with van der Waals surface area (Å²) in [4.78, 5) is 28.1. The first kappa shape index (κ1) is 21.8. The van der Waals surface area contributed by atoms with Gasteiger partial charge < -0.3 is 9.80 Å². The number of likely N-dealkylation sites (tertiary alicyclic amines) is 1. The highest BCUT2D eigenvalue weighted by Gasteiger charge is 2.28. The number of rotatable bonds is 6. The molecule has 2 saturated heterocycles. The van der Waals surface area contributed by atoms with Gasteiger partial charge in [0, 0.05) is 44.7 Å². The highest BCUT2D eigenvalue weighted by Crippen LogP contribution is 2.23. The number of Topliss-reactive ketones (excluding diaryl/α,β-unsaturated/α-hetero) is 1. The fourth-order valence-corrected chi connectivity index (χ4v) is 5.37. The Morgan fingerprint density at radius 1 is 1.03 bits per heavy atom. The molecule has 0 unspecified atom stereocenters. The van der Waals surface area contributed by atoms with Gasteiger partial charge in [-0.15, -0.1) is 0 Å². The fourth-order valence-electron chi connectivity index (χ4n) is 4.00. The van der Waals surface area contributed by atoms with Gasteiger partial charge in [-0.05, 0) is 50.3 Å². The van der Waals surface area contributed by atoms with Gasteiger partial charge >= 0.3 is 0 Å². The molecule has 7 heteroatoms. The van der Waals surface area contributed by atoms with Gasteiger partial charge in [-0.1, -0.05) is 12.1 Å². The third kappa shape index (κ3) is 5.81. The molecule has 0 spiro atoms. The molecule has 1 aromatic carbocycles. The molecule has 2 aliphatic rings. The number of carbonyl (C=O) groups is 2. The Morgan fingerprint density at radius 3 is 2.17 bits per heavy atom. The van der Waals surface area contributed by atoms with Crippen molar-refractivity contribution in [1.82, 2.24) is 4.90 Å². The molecular formula is C22H32N2O4S. The Labute approximate surface area is 174 Å². The Bertz CT molecular complexity index is 815. The lowest BCUT2D eigenvalue weighted by molar-refractivity contribution is -0.131. The van der Waals surface area contributed by atoms with Crippen LogP contribution in [0.1, 0.15) is 45.1 Å². The van der Waals surface area contributed by atoms with E-state index in [1.165, 1.54) is 0 Å². The van der Waals surface area contributed by atoms with Crippen molar-refractivity contribution >= 4 is 27.2 Å². The lowest BCUT2D eigenvalue weighted by atomic mass is 9.98. The maximum Gasteiger partial charge on any atom is 0.226 e. The molecule has 0 atom stereocenters. The molecule has 160 valence electrons. The first-order valence-corrected chi connectivity index (χ1v) is 12.3. The molecule has 2 aliphatic heterocycles. The first-order chi connectivity index (χ1) is 13.7. The molecule has 0 aromatic heterocycles. The van der Waals surface area contributed by atoms with E-state index in [0.29, 0.717) is 38.1 Å². The van der Waals surface area contributed by atoms with Gasteiger partial charge in [0.2, 0.25) is 5.91 Å². The summed E-state index contributed by atoms with van der Waals surface area (Å²) in [6.45, 7) is 6.25. The number of amides is 1. The van der Waals surface area contributed by atoms with Crippen LogP contribution in [0, 0.1) is 5.92 Å². The standard InChI is InChI=1S/C22H32N2O4S/c1-17(2)29(27,28)16-19-7-11-24(12-8-19)22(26)15-18-3-5-20(6-4-18)23-13-9-21(25)10-14-23/h3-6,17,19H,7-16H2,1-2H3. The summed E-state index contributed by atoms with van der Waals surface area (Å²) in [6, 6.07) is 8.04. The number of benzene rings is 1.